The molecule has 2 heterocycles. The molecule has 0 fully saturated rings. The van der Waals surface area contributed by atoms with Gasteiger partial charge in [-0.1, -0.05) is 12.1 Å². The molecule has 0 spiro atoms. The number of carbonyl (C=O) groups is 2. The molecule has 1 N–H and O–H groups in total. The van der Waals surface area contributed by atoms with E-state index in [0.717, 1.165) is 24.2 Å². The van der Waals surface area contributed by atoms with Crippen molar-refractivity contribution in [3.63, 3.8) is 0 Å². The lowest BCUT2D eigenvalue weighted by atomic mass is 9.88. The van der Waals surface area contributed by atoms with Crippen LogP contribution in [-0.2, 0) is 4.79 Å². The highest BCUT2D eigenvalue weighted by molar-refractivity contribution is 6.11. The highest BCUT2D eigenvalue weighted by atomic mass is 16.5. The van der Waals surface area contributed by atoms with Crippen molar-refractivity contribution in [2.75, 3.05) is 17.3 Å². The van der Waals surface area contributed by atoms with E-state index >= 15 is 0 Å². The highest BCUT2D eigenvalue weighted by Gasteiger charge is 2.41. The Balaban J connectivity index is 1.73. The normalized spacial score (nSPS) is 18.0. The third kappa shape index (κ3) is 3.30. The monoisotopic (exact) mass is 414 g/mol. The fourth-order valence-electron chi connectivity index (χ4n) is 4.35. The van der Waals surface area contributed by atoms with E-state index in [1.807, 2.05) is 30.3 Å². The number of fused-ring (bicyclic) bond motifs is 1. The topological polar surface area (TPSA) is 71.8 Å². The standard InChI is InChI=1S/C25H22N2O4/c1-30-17-13-11-16(12-14-17)25(29)27-20-8-3-2-6-18(20)26-19-7-4-9-21(28)23(19)24(27)22-10-5-15-31-22/h2-3,5-6,8,10-15,24,26H,4,7,9H2,1H3/t24-/m0/s1. The fourth-order valence-corrected chi connectivity index (χ4v) is 4.35. The molecule has 0 saturated carbocycles. The van der Waals surface area contributed by atoms with E-state index in [1.54, 1.807) is 48.6 Å². The van der Waals surface area contributed by atoms with Gasteiger partial charge in [0.15, 0.2) is 5.78 Å². The number of hydrogen-bond donors (Lipinski definition) is 1. The molecule has 2 aliphatic rings. The Morgan fingerprint density at radius 3 is 2.61 bits per heavy atom. The van der Waals surface area contributed by atoms with Crippen molar-refractivity contribution in [1.82, 2.24) is 0 Å². The summed E-state index contributed by atoms with van der Waals surface area (Å²) < 4.78 is 11.0. The molecule has 0 bridgehead atoms. The smallest absolute Gasteiger partial charge is 0.259 e. The molecule has 1 atom stereocenters. The minimum absolute atomic E-state index is 0.0375. The van der Waals surface area contributed by atoms with Crippen LogP contribution in [0.15, 0.2) is 82.6 Å². The maximum Gasteiger partial charge on any atom is 0.259 e. The van der Waals surface area contributed by atoms with Crippen molar-refractivity contribution in [1.29, 1.82) is 0 Å². The first-order chi connectivity index (χ1) is 15.2. The van der Waals surface area contributed by atoms with Gasteiger partial charge in [0, 0.05) is 23.3 Å². The first kappa shape index (κ1) is 19.2. The zero-order valence-corrected chi connectivity index (χ0v) is 17.1. The zero-order chi connectivity index (χ0) is 21.4. The molecule has 156 valence electrons. The number of ether oxygens (including phenoxy) is 1. The van der Waals surface area contributed by atoms with Gasteiger partial charge in [0.05, 0.1) is 24.7 Å². The van der Waals surface area contributed by atoms with Crippen LogP contribution in [-0.4, -0.2) is 18.8 Å². The lowest BCUT2D eigenvalue weighted by molar-refractivity contribution is -0.116. The quantitative estimate of drug-likeness (QED) is 0.645. The molecular weight excluding hydrogens is 392 g/mol. The van der Waals surface area contributed by atoms with Crippen LogP contribution >= 0.6 is 0 Å². The predicted molar refractivity (Wildman–Crippen MR) is 117 cm³/mol. The van der Waals surface area contributed by atoms with Crippen LogP contribution in [0.25, 0.3) is 0 Å². The van der Waals surface area contributed by atoms with Crippen LogP contribution < -0.4 is 15.0 Å². The third-order valence-corrected chi connectivity index (χ3v) is 5.81. The van der Waals surface area contributed by atoms with Crippen LogP contribution in [0.2, 0.25) is 0 Å². The lowest BCUT2D eigenvalue weighted by Gasteiger charge is -2.32. The van der Waals surface area contributed by atoms with Crippen molar-refractivity contribution in [3.8, 4) is 5.75 Å². The summed E-state index contributed by atoms with van der Waals surface area (Å²) in [6.07, 6.45) is 3.56. The summed E-state index contributed by atoms with van der Waals surface area (Å²) in [5, 5.41) is 3.44. The largest absolute Gasteiger partial charge is 0.497 e. The second-order valence-electron chi connectivity index (χ2n) is 7.63. The molecule has 1 aliphatic carbocycles. The maximum atomic E-state index is 13.9. The number of nitrogens with one attached hydrogen (secondary N) is 1. The van der Waals surface area contributed by atoms with Gasteiger partial charge in [0.25, 0.3) is 5.91 Å². The average molecular weight is 414 g/mol. The Morgan fingerprint density at radius 1 is 1.06 bits per heavy atom. The second-order valence-corrected chi connectivity index (χ2v) is 7.63. The van der Waals surface area contributed by atoms with E-state index < -0.39 is 6.04 Å². The van der Waals surface area contributed by atoms with Gasteiger partial charge in [-0.15, -0.1) is 0 Å². The van der Waals surface area contributed by atoms with E-state index in [1.165, 1.54) is 0 Å². The molecule has 0 unspecified atom stereocenters. The van der Waals surface area contributed by atoms with Gasteiger partial charge < -0.3 is 14.5 Å². The molecule has 5 rings (SSSR count). The summed E-state index contributed by atoms with van der Waals surface area (Å²) in [6.45, 7) is 0. The molecular formula is C25H22N2O4. The number of benzene rings is 2. The van der Waals surface area contributed by atoms with Crippen LogP contribution in [0, 0.1) is 0 Å². The molecule has 6 heteroatoms. The number of amides is 1. The number of rotatable bonds is 3. The number of hydrogen-bond acceptors (Lipinski definition) is 5. The van der Waals surface area contributed by atoms with Crippen molar-refractivity contribution in [3.05, 3.63) is 89.5 Å². The van der Waals surface area contributed by atoms with Crippen molar-refractivity contribution in [2.24, 2.45) is 0 Å². The number of allylic oxidation sites excluding steroid dienone is 1. The summed E-state index contributed by atoms with van der Waals surface area (Å²) in [6, 6.07) is 17.6. The molecule has 31 heavy (non-hydrogen) atoms. The predicted octanol–water partition coefficient (Wildman–Crippen LogP) is 5.11. The van der Waals surface area contributed by atoms with Crippen molar-refractivity contribution in [2.45, 2.75) is 25.3 Å². The Labute approximate surface area is 180 Å². The first-order valence-corrected chi connectivity index (χ1v) is 10.3. The molecule has 0 radical (unpaired) electrons. The van der Waals surface area contributed by atoms with Crippen LogP contribution in [0.4, 0.5) is 11.4 Å². The highest BCUT2D eigenvalue weighted by Crippen LogP contribution is 2.45. The molecule has 0 saturated heterocycles. The first-order valence-electron chi connectivity index (χ1n) is 10.3. The Bertz CT molecular complexity index is 1160. The van der Waals surface area contributed by atoms with Gasteiger partial charge in [-0.2, -0.15) is 0 Å². The summed E-state index contributed by atoms with van der Waals surface area (Å²) in [4.78, 5) is 28.7. The Morgan fingerprint density at radius 2 is 1.87 bits per heavy atom. The van der Waals surface area contributed by atoms with Crippen LogP contribution in [0.5, 0.6) is 5.75 Å². The number of nitrogens with zero attached hydrogens (tertiary/aromatic N) is 1. The summed E-state index contributed by atoms with van der Waals surface area (Å²) in [7, 11) is 1.59. The van der Waals surface area contributed by atoms with Gasteiger partial charge in [0.2, 0.25) is 0 Å². The molecule has 2 aromatic carbocycles. The van der Waals surface area contributed by atoms with Crippen molar-refractivity contribution >= 4 is 23.1 Å². The fraction of sp³-hybridized carbons (Fsp3) is 0.200. The number of methoxy groups -OCH3 is 1. The number of Topliss-reactive ketones (excluding diaryl/α,β-unsaturated/α-hetero) is 1. The molecule has 6 nitrogen and oxygen atoms in total. The number of furan rings is 1. The van der Waals surface area contributed by atoms with E-state index in [2.05, 4.69) is 5.32 Å². The van der Waals surface area contributed by atoms with Gasteiger partial charge in [-0.25, -0.2) is 0 Å². The lowest BCUT2D eigenvalue weighted by Crippen LogP contribution is -2.37. The number of anilines is 2. The van der Waals surface area contributed by atoms with Gasteiger partial charge in [0.1, 0.15) is 17.6 Å². The Kier molecular flexibility index (Phi) is 4.82. The van der Waals surface area contributed by atoms with Crippen LogP contribution in [0.3, 0.4) is 0 Å². The average Bonchev–Trinajstić information content (AvgIpc) is 3.28. The molecule has 1 aliphatic heterocycles. The number of ketones is 1. The van der Waals surface area contributed by atoms with Gasteiger partial charge in [-0.3, -0.25) is 14.5 Å². The minimum Gasteiger partial charge on any atom is -0.497 e. The van der Waals surface area contributed by atoms with E-state index in [-0.39, 0.29) is 11.7 Å². The molecule has 3 aromatic rings. The third-order valence-electron chi connectivity index (χ3n) is 5.81. The molecule has 1 aromatic heterocycles. The number of para-hydroxylation sites is 2. The SMILES string of the molecule is COc1ccc(C(=O)N2c3ccccc3NC3=C(C(=O)CCC3)[C@@H]2c2ccco2)cc1. The van der Waals surface area contributed by atoms with Gasteiger partial charge in [-0.05, 0) is 61.4 Å². The maximum absolute atomic E-state index is 13.9. The van der Waals surface area contributed by atoms with E-state index in [9.17, 15) is 9.59 Å². The number of carbonyl (C=O) groups excluding carboxylic acids is 2. The Hall–Kier alpha value is -3.80. The second kappa shape index (κ2) is 7.80. The van der Waals surface area contributed by atoms with Gasteiger partial charge >= 0.3 is 0 Å². The van der Waals surface area contributed by atoms with E-state index in [4.69, 9.17) is 9.15 Å². The van der Waals surface area contributed by atoms with Crippen molar-refractivity contribution < 1.29 is 18.7 Å². The summed E-state index contributed by atoms with van der Waals surface area (Å²) >= 11 is 0. The summed E-state index contributed by atoms with van der Waals surface area (Å²) in [5.41, 5.74) is 3.45. The zero-order valence-electron chi connectivity index (χ0n) is 17.1. The van der Waals surface area contributed by atoms with Crippen LogP contribution in [0.1, 0.15) is 41.4 Å². The minimum atomic E-state index is -0.649. The molecule has 1 amide bonds. The summed E-state index contributed by atoms with van der Waals surface area (Å²) in [5.74, 6) is 1.05. The van der Waals surface area contributed by atoms with E-state index in [0.29, 0.717) is 34.8 Å².